The van der Waals surface area contributed by atoms with E-state index >= 15 is 0 Å². The summed E-state index contributed by atoms with van der Waals surface area (Å²) in [5.41, 5.74) is 7.08. The molecule has 76 valence electrons. The summed E-state index contributed by atoms with van der Waals surface area (Å²) in [5, 5.41) is 0. The van der Waals surface area contributed by atoms with Gasteiger partial charge in [0.2, 0.25) is 0 Å². The Hall–Kier alpha value is -1.90. The van der Waals surface area contributed by atoms with Crippen molar-refractivity contribution in [3.8, 4) is 0 Å². The number of hydrogen-bond donors (Lipinski definition) is 1. The monoisotopic (exact) mass is 201 g/mol. The lowest BCUT2D eigenvalue weighted by atomic mass is 10.0. The van der Waals surface area contributed by atoms with Crippen molar-refractivity contribution in [2.45, 2.75) is 12.8 Å². The second-order valence-electron chi connectivity index (χ2n) is 3.51. The summed E-state index contributed by atoms with van der Waals surface area (Å²) in [6, 6.07) is 9.42. The van der Waals surface area contributed by atoms with Gasteiger partial charge in [-0.3, -0.25) is 9.59 Å². The van der Waals surface area contributed by atoms with Crippen molar-refractivity contribution in [1.29, 1.82) is 0 Å². The Morgan fingerprint density at radius 3 is 2.40 bits per heavy atom. The highest BCUT2D eigenvalue weighted by Crippen LogP contribution is 2.31. The number of nitrogens with two attached hydrogens (primary N) is 1. The van der Waals surface area contributed by atoms with Crippen molar-refractivity contribution < 1.29 is 9.59 Å². The number of allylic oxidation sites excluding steroid dienone is 1. The first kappa shape index (κ1) is 9.65. The first-order valence-corrected chi connectivity index (χ1v) is 4.81. The molecular weight excluding hydrogens is 190 g/mol. The molecule has 0 unspecified atom stereocenters. The largest absolute Gasteiger partial charge is 0.365 e. The van der Waals surface area contributed by atoms with E-state index in [1.165, 1.54) is 0 Å². The van der Waals surface area contributed by atoms with Crippen LogP contribution in [0.15, 0.2) is 35.9 Å². The number of hydrogen-bond acceptors (Lipinski definition) is 2. The smallest absolute Gasteiger partial charge is 0.252 e. The van der Waals surface area contributed by atoms with Crippen LogP contribution in [-0.4, -0.2) is 11.7 Å². The van der Waals surface area contributed by atoms with Crippen LogP contribution in [0.4, 0.5) is 0 Å². The molecule has 0 heterocycles. The summed E-state index contributed by atoms with van der Waals surface area (Å²) in [5.74, 6) is -0.752. The molecule has 1 aliphatic rings. The van der Waals surface area contributed by atoms with Gasteiger partial charge in [0.05, 0.1) is 5.57 Å². The van der Waals surface area contributed by atoms with Gasteiger partial charge < -0.3 is 5.73 Å². The van der Waals surface area contributed by atoms with Crippen LogP contribution in [0.3, 0.4) is 0 Å². The van der Waals surface area contributed by atoms with Gasteiger partial charge in [-0.05, 0) is 17.6 Å². The van der Waals surface area contributed by atoms with Crippen molar-refractivity contribution in [2.24, 2.45) is 5.73 Å². The molecule has 2 rings (SSSR count). The lowest BCUT2D eigenvalue weighted by Crippen LogP contribution is -2.18. The molecule has 1 aliphatic carbocycles. The zero-order valence-electron chi connectivity index (χ0n) is 8.19. The molecule has 3 heteroatoms. The molecule has 0 radical (unpaired) electrons. The van der Waals surface area contributed by atoms with E-state index in [4.69, 9.17) is 5.73 Å². The number of ketones is 1. The number of carbonyl (C=O) groups is 2. The van der Waals surface area contributed by atoms with Crippen LogP contribution in [0.1, 0.15) is 18.4 Å². The average Bonchev–Trinajstić information content (AvgIpc) is 2.61. The van der Waals surface area contributed by atoms with Crippen LogP contribution in [-0.2, 0) is 9.59 Å². The van der Waals surface area contributed by atoms with Gasteiger partial charge in [-0.15, -0.1) is 0 Å². The maximum atomic E-state index is 11.4. The van der Waals surface area contributed by atoms with E-state index in [9.17, 15) is 9.59 Å². The van der Waals surface area contributed by atoms with Crippen LogP contribution in [0, 0.1) is 0 Å². The zero-order chi connectivity index (χ0) is 10.8. The lowest BCUT2D eigenvalue weighted by Gasteiger charge is -2.02. The normalized spacial score (nSPS) is 15.9. The minimum atomic E-state index is -0.614. The minimum absolute atomic E-state index is 0.138. The van der Waals surface area contributed by atoms with E-state index in [0.717, 1.165) is 11.1 Å². The van der Waals surface area contributed by atoms with Gasteiger partial charge in [0.15, 0.2) is 5.78 Å². The fraction of sp³-hybridized carbons (Fsp3) is 0.167. The van der Waals surface area contributed by atoms with Gasteiger partial charge in [0.25, 0.3) is 5.91 Å². The molecule has 1 aromatic carbocycles. The van der Waals surface area contributed by atoms with E-state index in [1.54, 1.807) is 0 Å². The minimum Gasteiger partial charge on any atom is -0.365 e. The number of amides is 1. The van der Waals surface area contributed by atoms with Crippen LogP contribution in [0.25, 0.3) is 5.57 Å². The van der Waals surface area contributed by atoms with Crippen molar-refractivity contribution in [3.63, 3.8) is 0 Å². The van der Waals surface area contributed by atoms with E-state index in [0.29, 0.717) is 12.8 Å². The number of carbonyl (C=O) groups excluding carboxylic acids is 2. The second-order valence-corrected chi connectivity index (χ2v) is 3.51. The van der Waals surface area contributed by atoms with Gasteiger partial charge in [0, 0.05) is 6.42 Å². The van der Waals surface area contributed by atoms with Gasteiger partial charge in [-0.25, -0.2) is 0 Å². The summed E-state index contributed by atoms with van der Waals surface area (Å²) in [6.45, 7) is 0. The van der Waals surface area contributed by atoms with E-state index < -0.39 is 5.91 Å². The lowest BCUT2D eigenvalue weighted by molar-refractivity contribution is -0.120. The molecule has 0 saturated carbocycles. The SMILES string of the molecule is NC(=O)C1=C(c2ccccc2)CCC1=O. The van der Waals surface area contributed by atoms with Crippen molar-refractivity contribution >= 4 is 17.3 Å². The van der Waals surface area contributed by atoms with Gasteiger partial charge in [-0.2, -0.15) is 0 Å². The maximum absolute atomic E-state index is 11.4. The van der Waals surface area contributed by atoms with E-state index in [2.05, 4.69) is 0 Å². The summed E-state index contributed by atoms with van der Waals surface area (Å²) >= 11 is 0. The molecule has 0 aliphatic heterocycles. The molecule has 2 N–H and O–H groups in total. The third-order valence-corrected chi connectivity index (χ3v) is 2.55. The highest BCUT2D eigenvalue weighted by molar-refractivity contribution is 6.26. The summed E-state index contributed by atoms with van der Waals surface area (Å²) in [7, 11) is 0. The molecule has 0 aromatic heterocycles. The molecule has 3 nitrogen and oxygen atoms in total. The third-order valence-electron chi connectivity index (χ3n) is 2.55. The predicted octanol–water partition coefficient (Wildman–Crippen LogP) is 1.29. The predicted molar refractivity (Wildman–Crippen MR) is 56.8 cm³/mol. The molecule has 0 saturated heterocycles. The Labute approximate surface area is 87.6 Å². The summed E-state index contributed by atoms with van der Waals surface area (Å²) in [6.07, 6.45) is 1.00. The molecule has 1 aromatic rings. The first-order valence-electron chi connectivity index (χ1n) is 4.81. The van der Waals surface area contributed by atoms with Gasteiger partial charge in [-0.1, -0.05) is 30.3 Å². The quantitative estimate of drug-likeness (QED) is 0.733. The average molecular weight is 201 g/mol. The number of rotatable bonds is 2. The second kappa shape index (κ2) is 3.69. The highest BCUT2D eigenvalue weighted by Gasteiger charge is 2.27. The molecule has 0 atom stereocenters. The maximum Gasteiger partial charge on any atom is 0.252 e. The Balaban J connectivity index is 2.52. The summed E-state index contributed by atoms with van der Waals surface area (Å²) < 4.78 is 0. The Morgan fingerprint density at radius 2 is 1.80 bits per heavy atom. The summed E-state index contributed by atoms with van der Waals surface area (Å²) in [4.78, 5) is 22.6. The standard InChI is InChI=1S/C12H11NO2/c13-12(15)11-9(6-7-10(11)14)8-4-2-1-3-5-8/h1-5H,6-7H2,(H2,13,15). The number of primary amides is 1. The van der Waals surface area contributed by atoms with Crippen molar-refractivity contribution in [3.05, 3.63) is 41.5 Å². The number of benzene rings is 1. The molecule has 1 amide bonds. The molecular formula is C12H11NO2. The van der Waals surface area contributed by atoms with Gasteiger partial charge in [0.1, 0.15) is 0 Å². The molecule has 0 spiro atoms. The topological polar surface area (TPSA) is 60.2 Å². The Bertz CT molecular complexity index is 446. The molecule has 0 bridgehead atoms. The fourth-order valence-electron chi connectivity index (χ4n) is 1.87. The van der Waals surface area contributed by atoms with E-state index in [1.807, 2.05) is 30.3 Å². The van der Waals surface area contributed by atoms with E-state index in [-0.39, 0.29) is 11.4 Å². The van der Waals surface area contributed by atoms with Gasteiger partial charge >= 0.3 is 0 Å². The number of Topliss-reactive ketones (excluding diaryl/α,β-unsaturated/α-hetero) is 1. The molecule has 0 fully saturated rings. The Morgan fingerprint density at radius 1 is 1.13 bits per heavy atom. The third kappa shape index (κ3) is 1.68. The van der Waals surface area contributed by atoms with Crippen LogP contribution < -0.4 is 5.73 Å². The highest BCUT2D eigenvalue weighted by atomic mass is 16.2. The van der Waals surface area contributed by atoms with Crippen LogP contribution >= 0.6 is 0 Å². The zero-order valence-corrected chi connectivity index (χ0v) is 8.19. The van der Waals surface area contributed by atoms with Crippen LogP contribution in [0.2, 0.25) is 0 Å². The van der Waals surface area contributed by atoms with Crippen molar-refractivity contribution in [2.75, 3.05) is 0 Å². The van der Waals surface area contributed by atoms with Crippen LogP contribution in [0.5, 0.6) is 0 Å². The van der Waals surface area contributed by atoms with Crippen molar-refractivity contribution in [1.82, 2.24) is 0 Å². The molecule has 15 heavy (non-hydrogen) atoms. The fourth-order valence-corrected chi connectivity index (χ4v) is 1.87. The first-order chi connectivity index (χ1) is 7.20. The Kier molecular flexibility index (Phi) is 2.37.